The maximum atomic E-state index is 12.2. The van der Waals surface area contributed by atoms with Gasteiger partial charge in [0.1, 0.15) is 17.1 Å². The molecule has 0 spiro atoms. The number of hydrogen-bond donors (Lipinski definition) is 1. The lowest BCUT2D eigenvalue weighted by atomic mass is 9.95. The molecule has 1 aliphatic heterocycles. The molecule has 2 aliphatic rings. The van der Waals surface area contributed by atoms with Gasteiger partial charge in [-0.3, -0.25) is 4.79 Å². The highest BCUT2D eigenvalue weighted by Gasteiger charge is 2.36. The Bertz CT molecular complexity index is 459. The molecule has 19 heavy (non-hydrogen) atoms. The van der Waals surface area contributed by atoms with E-state index in [1.54, 1.807) is 0 Å². The molecule has 0 radical (unpaired) electrons. The SMILES string of the molecule is CC1(C(=O)NCc2cc(C3CC3)on2)CCCCO1. The van der Waals surface area contributed by atoms with E-state index < -0.39 is 5.60 Å². The quantitative estimate of drug-likeness (QED) is 0.904. The summed E-state index contributed by atoms with van der Waals surface area (Å²) >= 11 is 0. The van der Waals surface area contributed by atoms with Crippen molar-refractivity contribution in [1.29, 1.82) is 0 Å². The monoisotopic (exact) mass is 264 g/mol. The number of hydrogen-bond acceptors (Lipinski definition) is 4. The Balaban J connectivity index is 1.54. The molecule has 3 rings (SSSR count). The van der Waals surface area contributed by atoms with Crippen molar-refractivity contribution >= 4 is 5.91 Å². The maximum Gasteiger partial charge on any atom is 0.252 e. The highest BCUT2D eigenvalue weighted by Crippen LogP contribution is 2.40. The summed E-state index contributed by atoms with van der Waals surface area (Å²) < 4.78 is 10.9. The molecule has 104 valence electrons. The molecule has 5 heteroatoms. The number of nitrogens with one attached hydrogen (secondary N) is 1. The lowest BCUT2D eigenvalue weighted by Crippen LogP contribution is -2.48. The molecule has 1 aromatic rings. The molecule has 1 unspecified atom stereocenters. The average molecular weight is 264 g/mol. The van der Waals surface area contributed by atoms with E-state index in [-0.39, 0.29) is 5.91 Å². The summed E-state index contributed by atoms with van der Waals surface area (Å²) in [6, 6.07) is 1.95. The van der Waals surface area contributed by atoms with Gasteiger partial charge in [-0.15, -0.1) is 0 Å². The molecular formula is C14H20N2O3. The zero-order chi connectivity index (χ0) is 13.3. The van der Waals surface area contributed by atoms with Gasteiger partial charge < -0.3 is 14.6 Å². The molecule has 1 aromatic heterocycles. The van der Waals surface area contributed by atoms with Gasteiger partial charge in [-0.25, -0.2) is 0 Å². The van der Waals surface area contributed by atoms with Gasteiger partial charge in [0, 0.05) is 18.6 Å². The zero-order valence-corrected chi connectivity index (χ0v) is 11.3. The Morgan fingerprint density at radius 2 is 2.37 bits per heavy atom. The predicted octanol–water partition coefficient (Wildman–Crippen LogP) is 2.13. The van der Waals surface area contributed by atoms with Gasteiger partial charge in [0.05, 0.1) is 6.54 Å². The highest BCUT2D eigenvalue weighted by atomic mass is 16.5. The van der Waals surface area contributed by atoms with E-state index >= 15 is 0 Å². The second kappa shape index (κ2) is 4.96. The minimum absolute atomic E-state index is 0.0526. The number of nitrogens with zero attached hydrogens (tertiary/aromatic N) is 1. The van der Waals surface area contributed by atoms with Crippen LogP contribution in [0.2, 0.25) is 0 Å². The first-order valence-electron chi connectivity index (χ1n) is 7.05. The Hall–Kier alpha value is -1.36. The molecule has 0 aromatic carbocycles. The fourth-order valence-electron chi connectivity index (χ4n) is 2.44. The van der Waals surface area contributed by atoms with Crippen LogP contribution in [0.25, 0.3) is 0 Å². The van der Waals surface area contributed by atoms with E-state index in [4.69, 9.17) is 9.26 Å². The van der Waals surface area contributed by atoms with Crippen LogP contribution >= 0.6 is 0 Å². The van der Waals surface area contributed by atoms with Gasteiger partial charge in [0.15, 0.2) is 0 Å². The molecule has 1 aliphatic carbocycles. The Kier molecular flexibility index (Phi) is 3.31. The van der Waals surface area contributed by atoms with Crippen LogP contribution < -0.4 is 5.32 Å². The zero-order valence-electron chi connectivity index (χ0n) is 11.3. The van der Waals surface area contributed by atoms with Crippen molar-refractivity contribution in [2.45, 2.75) is 57.1 Å². The number of aromatic nitrogens is 1. The Morgan fingerprint density at radius 1 is 1.53 bits per heavy atom. The highest BCUT2D eigenvalue weighted by molar-refractivity contribution is 5.84. The lowest BCUT2D eigenvalue weighted by molar-refractivity contribution is -0.150. The van der Waals surface area contributed by atoms with Crippen LogP contribution in [0.5, 0.6) is 0 Å². The molecule has 2 heterocycles. The predicted molar refractivity (Wildman–Crippen MR) is 68.5 cm³/mol. The third kappa shape index (κ3) is 2.81. The van der Waals surface area contributed by atoms with Gasteiger partial charge >= 0.3 is 0 Å². The molecule has 1 saturated heterocycles. The summed E-state index contributed by atoms with van der Waals surface area (Å²) in [6.07, 6.45) is 5.24. The Morgan fingerprint density at radius 3 is 3.05 bits per heavy atom. The normalized spacial score (nSPS) is 27.2. The topological polar surface area (TPSA) is 64.4 Å². The number of carbonyl (C=O) groups excluding carboxylic acids is 1. The van der Waals surface area contributed by atoms with Crippen molar-refractivity contribution in [2.75, 3.05) is 6.61 Å². The Labute approximate surface area is 112 Å². The van der Waals surface area contributed by atoms with E-state index in [2.05, 4.69) is 10.5 Å². The lowest BCUT2D eigenvalue weighted by Gasteiger charge is -2.32. The average Bonchev–Trinajstić information content (AvgIpc) is 3.16. The summed E-state index contributed by atoms with van der Waals surface area (Å²) in [4.78, 5) is 12.2. The van der Waals surface area contributed by atoms with Crippen molar-refractivity contribution in [1.82, 2.24) is 10.5 Å². The summed E-state index contributed by atoms with van der Waals surface area (Å²) in [5.74, 6) is 1.45. The molecule has 5 nitrogen and oxygen atoms in total. The molecule has 1 atom stereocenters. The number of rotatable bonds is 4. The van der Waals surface area contributed by atoms with Gasteiger partial charge in [-0.1, -0.05) is 5.16 Å². The van der Waals surface area contributed by atoms with E-state index in [1.165, 1.54) is 12.8 Å². The van der Waals surface area contributed by atoms with Gasteiger partial charge in [-0.05, 0) is 39.0 Å². The fourth-order valence-corrected chi connectivity index (χ4v) is 2.44. The first kappa shape index (κ1) is 12.7. The summed E-state index contributed by atoms with van der Waals surface area (Å²) in [5, 5.41) is 6.88. The van der Waals surface area contributed by atoms with Gasteiger partial charge in [0.2, 0.25) is 0 Å². The van der Waals surface area contributed by atoms with E-state index in [1.807, 2.05) is 13.0 Å². The molecule has 2 fully saturated rings. The van der Waals surface area contributed by atoms with Gasteiger partial charge in [0.25, 0.3) is 5.91 Å². The minimum Gasteiger partial charge on any atom is -0.365 e. The van der Waals surface area contributed by atoms with Crippen LogP contribution in [0.1, 0.15) is 56.4 Å². The van der Waals surface area contributed by atoms with Crippen molar-refractivity contribution < 1.29 is 14.1 Å². The number of carbonyl (C=O) groups is 1. The van der Waals surface area contributed by atoms with Crippen LogP contribution in [-0.4, -0.2) is 23.3 Å². The number of amides is 1. The summed E-state index contributed by atoms with van der Waals surface area (Å²) in [7, 11) is 0. The maximum absolute atomic E-state index is 12.2. The van der Waals surface area contributed by atoms with E-state index in [9.17, 15) is 4.79 Å². The smallest absolute Gasteiger partial charge is 0.252 e. The minimum atomic E-state index is -0.679. The van der Waals surface area contributed by atoms with Crippen LogP contribution in [0.15, 0.2) is 10.6 Å². The van der Waals surface area contributed by atoms with Gasteiger partial charge in [-0.2, -0.15) is 0 Å². The van der Waals surface area contributed by atoms with Crippen LogP contribution in [0, 0.1) is 0 Å². The number of ether oxygens (including phenoxy) is 1. The van der Waals surface area contributed by atoms with Crippen LogP contribution in [0.3, 0.4) is 0 Å². The van der Waals surface area contributed by atoms with Crippen LogP contribution in [0.4, 0.5) is 0 Å². The third-order valence-electron chi connectivity index (χ3n) is 3.94. The molecule has 1 amide bonds. The fraction of sp³-hybridized carbons (Fsp3) is 0.714. The molecule has 0 bridgehead atoms. The van der Waals surface area contributed by atoms with Crippen molar-refractivity contribution in [3.63, 3.8) is 0 Å². The summed E-state index contributed by atoms with van der Waals surface area (Å²) in [6.45, 7) is 2.94. The van der Waals surface area contributed by atoms with Crippen LogP contribution in [-0.2, 0) is 16.1 Å². The third-order valence-corrected chi connectivity index (χ3v) is 3.94. The van der Waals surface area contributed by atoms with E-state index in [0.717, 1.165) is 30.7 Å². The summed E-state index contributed by atoms with van der Waals surface area (Å²) in [5.41, 5.74) is 0.107. The van der Waals surface area contributed by atoms with Crippen molar-refractivity contribution in [2.24, 2.45) is 0 Å². The largest absolute Gasteiger partial charge is 0.365 e. The first-order valence-corrected chi connectivity index (χ1v) is 7.05. The second-order valence-electron chi connectivity index (χ2n) is 5.71. The second-order valence-corrected chi connectivity index (χ2v) is 5.71. The molecular weight excluding hydrogens is 244 g/mol. The van der Waals surface area contributed by atoms with E-state index in [0.29, 0.717) is 19.1 Å². The first-order chi connectivity index (χ1) is 9.17. The standard InChI is InChI=1S/C14H20N2O3/c1-14(6-2-3-7-18-14)13(17)15-9-11-8-12(19-16-11)10-4-5-10/h8,10H,2-7,9H2,1H3,(H,15,17). The molecule has 1 saturated carbocycles. The van der Waals surface area contributed by atoms with Crippen molar-refractivity contribution in [3.05, 3.63) is 17.5 Å². The van der Waals surface area contributed by atoms with Crippen molar-refractivity contribution in [3.8, 4) is 0 Å². The molecule has 1 N–H and O–H groups in total.